The first-order valence-corrected chi connectivity index (χ1v) is 4.98. The molecule has 1 N–H and O–H groups in total. The number of anilines is 2. The van der Waals surface area contributed by atoms with Gasteiger partial charge in [0.05, 0.1) is 10.0 Å². The molecule has 2 rings (SSSR count). The highest BCUT2D eigenvalue weighted by Gasteiger charge is 2.04. The predicted octanol–water partition coefficient (Wildman–Crippen LogP) is 2.87. The lowest BCUT2D eigenvalue weighted by Gasteiger charge is -2.03. The highest BCUT2D eigenvalue weighted by Crippen LogP contribution is 2.24. The van der Waals surface area contributed by atoms with Crippen molar-refractivity contribution in [2.75, 3.05) is 5.32 Å². The van der Waals surface area contributed by atoms with E-state index in [1.54, 1.807) is 10.7 Å². The number of rotatable bonds is 2. The highest BCUT2D eigenvalue weighted by atomic mass is 35.5. The molecule has 0 atom stereocenters. The first-order valence-electron chi connectivity index (χ1n) is 4.23. The molecule has 0 unspecified atom stereocenters. The summed E-state index contributed by atoms with van der Waals surface area (Å²) in [5.41, 5.74) is 0. The Hall–Kier alpha value is -1.26. The van der Waals surface area contributed by atoms with Gasteiger partial charge in [-0.15, -0.1) is 0 Å². The monoisotopic (exact) mass is 242 g/mol. The van der Waals surface area contributed by atoms with E-state index in [-0.39, 0.29) is 0 Å². The number of aryl methyl sites for hydroxylation is 1. The molecule has 2 aromatic rings. The number of pyridine rings is 1. The number of hydrogen-bond donors (Lipinski definition) is 1. The number of halogens is 2. The van der Waals surface area contributed by atoms with E-state index in [9.17, 15) is 0 Å². The molecule has 0 fully saturated rings. The van der Waals surface area contributed by atoms with E-state index in [1.807, 2.05) is 19.3 Å². The molecular weight excluding hydrogens is 235 g/mol. The van der Waals surface area contributed by atoms with Crippen molar-refractivity contribution in [3.63, 3.8) is 0 Å². The summed E-state index contributed by atoms with van der Waals surface area (Å²) in [5.74, 6) is 1.23. The summed E-state index contributed by atoms with van der Waals surface area (Å²) in [6.07, 6.45) is 3.35. The lowest BCUT2D eigenvalue weighted by Crippen LogP contribution is -1.96. The van der Waals surface area contributed by atoms with Crippen LogP contribution in [0.25, 0.3) is 0 Å². The van der Waals surface area contributed by atoms with Crippen LogP contribution in [0.5, 0.6) is 0 Å². The van der Waals surface area contributed by atoms with Crippen LogP contribution in [-0.4, -0.2) is 14.8 Å². The van der Waals surface area contributed by atoms with Crippen LogP contribution in [0.4, 0.5) is 11.6 Å². The fourth-order valence-electron chi connectivity index (χ4n) is 1.11. The largest absolute Gasteiger partial charge is 0.322 e. The molecule has 78 valence electrons. The van der Waals surface area contributed by atoms with Crippen molar-refractivity contribution in [3.05, 3.63) is 34.6 Å². The third-order valence-electron chi connectivity index (χ3n) is 1.77. The number of hydrogen-bond acceptors (Lipinski definition) is 3. The van der Waals surface area contributed by atoms with Gasteiger partial charge in [-0.3, -0.25) is 4.68 Å². The normalized spacial score (nSPS) is 10.3. The van der Waals surface area contributed by atoms with Crippen LogP contribution in [0.3, 0.4) is 0 Å². The fraction of sp³-hybridized carbons (Fsp3) is 0.111. The highest BCUT2D eigenvalue weighted by molar-refractivity contribution is 6.36. The molecular formula is C9H8Cl2N4. The SMILES string of the molecule is Cn1ccc(Nc2ncc(Cl)cc2Cl)n1. The quantitative estimate of drug-likeness (QED) is 0.881. The lowest BCUT2D eigenvalue weighted by molar-refractivity contribution is 0.771. The third kappa shape index (κ3) is 2.40. The van der Waals surface area contributed by atoms with Crippen LogP contribution in [-0.2, 0) is 7.05 Å². The van der Waals surface area contributed by atoms with E-state index in [4.69, 9.17) is 23.2 Å². The van der Waals surface area contributed by atoms with Gasteiger partial charge in [-0.2, -0.15) is 5.10 Å². The van der Waals surface area contributed by atoms with Crippen molar-refractivity contribution in [1.82, 2.24) is 14.8 Å². The Morgan fingerprint density at radius 3 is 2.80 bits per heavy atom. The molecule has 0 amide bonds. The summed E-state index contributed by atoms with van der Waals surface area (Å²) in [7, 11) is 1.84. The maximum Gasteiger partial charge on any atom is 0.153 e. The summed E-state index contributed by atoms with van der Waals surface area (Å²) >= 11 is 11.7. The molecule has 6 heteroatoms. The Bertz CT molecular complexity index is 481. The molecule has 2 heterocycles. The number of aromatic nitrogens is 3. The van der Waals surface area contributed by atoms with Crippen LogP contribution in [0, 0.1) is 0 Å². The van der Waals surface area contributed by atoms with Gasteiger partial charge < -0.3 is 5.32 Å². The molecule has 0 saturated carbocycles. The van der Waals surface area contributed by atoms with Crippen molar-refractivity contribution >= 4 is 34.8 Å². The fourth-order valence-corrected chi connectivity index (χ4v) is 1.54. The minimum Gasteiger partial charge on any atom is -0.322 e. The average molecular weight is 243 g/mol. The zero-order chi connectivity index (χ0) is 10.8. The van der Waals surface area contributed by atoms with Crippen LogP contribution < -0.4 is 5.32 Å². The lowest BCUT2D eigenvalue weighted by atomic mass is 10.4. The van der Waals surface area contributed by atoms with Gasteiger partial charge in [0.25, 0.3) is 0 Å². The molecule has 0 spiro atoms. The van der Waals surface area contributed by atoms with Gasteiger partial charge in [0.2, 0.25) is 0 Å². The van der Waals surface area contributed by atoms with E-state index < -0.39 is 0 Å². The molecule has 0 bridgehead atoms. The van der Waals surface area contributed by atoms with Crippen molar-refractivity contribution in [1.29, 1.82) is 0 Å². The van der Waals surface area contributed by atoms with Gasteiger partial charge in [-0.25, -0.2) is 4.98 Å². The van der Waals surface area contributed by atoms with Gasteiger partial charge in [0.15, 0.2) is 5.82 Å². The zero-order valence-electron chi connectivity index (χ0n) is 7.91. The first kappa shape index (κ1) is 10.3. The van der Waals surface area contributed by atoms with Gasteiger partial charge in [0, 0.05) is 25.5 Å². The molecule has 0 aromatic carbocycles. The Kier molecular flexibility index (Phi) is 2.79. The van der Waals surface area contributed by atoms with E-state index in [0.29, 0.717) is 21.7 Å². The molecule has 0 radical (unpaired) electrons. The second-order valence-corrected chi connectivity index (χ2v) is 3.83. The maximum absolute atomic E-state index is 5.94. The molecule has 0 saturated heterocycles. The molecule has 0 aliphatic carbocycles. The number of nitrogens with one attached hydrogen (secondary N) is 1. The standard InChI is InChI=1S/C9H8Cl2N4/c1-15-3-2-8(14-15)13-9-7(11)4-6(10)5-12-9/h2-5H,1H3,(H,12,13,14). The van der Waals surface area contributed by atoms with Crippen LogP contribution in [0.1, 0.15) is 0 Å². The summed E-state index contributed by atoms with van der Waals surface area (Å²) in [6, 6.07) is 3.45. The minimum atomic E-state index is 0.466. The molecule has 15 heavy (non-hydrogen) atoms. The predicted molar refractivity (Wildman–Crippen MR) is 60.7 cm³/mol. The Labute approximate surface area is 96.8 Å². The topological polar surface area (TPSA) is 42.7 Å². The molecule has 4 nitrogen and oxygen atoms in total. The van der Waals surface area contributed by atoms with Gasteiger partial charge in [-0.1, -0.05) is 23.2 Å². The average Bonchev–Trinajstić information content (AvgIpc) is 2.56. The summed E-state index contributed by atoms with van der Waals surface area (Å²) in [6.45, 7) is 0. The van der Waals surface area contributed by atoms with E-state index in [0.717, 1.165) is 0 Å². The van der Waals surface area contributed by atoms with Crippen molar-refractivity contribution in [2.45, 2.75) is 0 Å². The Balaban J connectivity index is 2.24. The molecule has 0 aliphatic rings. The first-order chi connectivity index (χ1) is 7.15. The van der Waals surface area contributed by atoms with E-state index >= 15 is 0 Å². The number of nitrogens with zero attached hydrogens (tertiary/aromatic N) is 3. The summed E-state index contributed by atoms with van der Waals surface area (Å²) in [4.78, 5) is 4.06. The van der Waals surface area contributed by atoms with Crippen molar-refractivity contribution < 1.29 is 0 Å². The van der Waals surface area contributed by atoms with Crippen molar-refractivity contribution in [3.8, 4) is 0 Å². The van der Waals surface area contributed by atoms with E-state index in [2.05, 4.69) is 15.4 Å². The zero-order valence-corrected chi connectivity index (χ0v) is 9.42. The van der Waals surface area contributed by atoms with Gasteiger partial charge in [0.1, 0.15) is 5.82 Å². The Morgan fingerprint density at radius 1 is 1.40 bits per heavy atom. The van der Waals surface area contributed by atoms with Crippen LogP contribution in [0.15, 0.2) is 24.5 Å². The summed E-state index contributed by atoms with van der Waals surface area (Å²) in [5, 5.41) is 8.10. The maximum atomic E-state index is 5.94. The Morgan fingerprint density at radius 2 is 2.20 bits per heavy atom. The minimum absolute atomic E-state index is 0.466. The third-order valence-corrected chi connectivity index (χ3v) is 2.26. The summed E-state index contributed by atoms with van der Waals surface area (Å²) < 4.78 is 1.69. The van der Waals surface area contributed by atoms with Crippen LogP contribution >= 0.6 is 23.2 Å². The van der Waals surface area contributed by atoms with E-state index in [1.165, 1.54) is 6.20 Å². The van der Waals surface area contributed by atoms with Gasteiger partial charge in [-0.05, 0) is 6.07 Å². The van der Waals surface area contributed by atoms with Gasteiger partial charge >= 0.3 is 0 Å². The molecule has 2 aromatic heterocycles. The second-order valence-electron chi connectivity index (χ2n) is 2.98. The molecule has 0 aliphatic heterocycles. The second kappa shape index (κ2) is 4.08. The smallest absolute Gasteiger partial charge is 0.153 e. The van der Waals surface area contributed by atoms with Crippen LogP contribution in [0.2, 0.25) is 10.0 Å². The van der Waals surface area contributed by atoms with Crippen molar-refractivity contribution in [2.24, 2.45) is 7.05 Å².